The van der Waals surface area contributed by atoms with Crippen molar-refractivity contribution in [1.82, 2.24) is 0 Å². The van der Waals surface area contributed by atoms with Gasteiger partial charge in [0.25, 0.3) is 0 Å². The predicted molar refractivity (Wildman–Crippen MR) is 167 cm³/mol. The molecule has 0 saturated carbocycles. The highest BCUT2D eigenvalue weighted by atomic mass is 16.5. The highest BCUT2D eigenvalue weighted by Crippen LogP contribution is 2.18. The Balaban J connectivity index is 3.30. The van der Waals surface area contributed by atoms with Crippen LogP contribution >= 0.6 is 0 Å². The molecule has 0 heterocycles. The van der Waals surface area contributed by atoms with Crippen LogP contribution in [0.1, 0.15) is 182 Å². The number of unbranched alkanes of at least 4 members (excludes halogenated alkanes) is 14. The Morgan fingerprint density at radius 1 is 0.410 bits per heavy atom. The molecule has 4 nitrogen and oxygen atoms in total. The lowest BCUT2D eigenvalue weighted by atomic mass is 9.97. The van der Waals surface area contributed by atoms with Crippen molar-refractivity contribution < 1.29 is 19.1 Å². The molecule has 0 aromatic carbocycles. The van der Waals surface area contributed by atoms with E-state index in [9.17, 15) is 9.59 Å². The first kappa shape index (κ1) is 37.9. The fourth-order valence-corrected chi connectivity index (χ4v) is 5.04. The van der Waals surface area contributed by atoms with Gasteiger partial charge < -0.3 is 9.47 Å². The molecule has 0 rings (SSSR count). The number of carbonyl (C=O) groups is 2. The minimum Gasteiger partial charge on any atom is -0.466 e. The van der Waals surface area contributed by atoms with Gasteiger partial charge in [-0.3, -0.25) is 9.59 Å². The van der Waals surface area contributed by atoms with Crippen LogP contribution in [0.25, 0.3) is 0 Å². The monoisotopic (exact) mass is 553 g/mol. The molecule has 0 aliphatic rings. The van der Waals surface area contributed by atoms with Gasteiger partial charge in [-0.15, -0.1) is 0 Å². The highest BCUT2D eigenvalue weighted by molar-refractivity contribution is 5.69. The molecule has 1 unspecified atom stereocenters. The maximum Gasteiger partial charge on any atom is 0.305 e. The van der Waals surface area contributed by atoms with Crippen molar-refractivity contribution >= 4 is 11.9 Å². The molecule has 0 saturated heterocycles. The summed E-state index contributed by atoms with van der Waals surface area (Å²) >= 11 is 0. The van der Waals surface area contributed by atoms with Gasteiger partial charge in [0.15, 0.2) is 0 Å². The summed E-state index contributed by atoms with van der Waals surface area (Å²) in [5, 5.41) is 0. The molecule has 0 N–H and O–H groups in total. The van der Waals surface area contributed by atoms with E-state index in [0.29, 0.717) is 32.0 Å². The first-order valence-electron chi connectivity index (χ1n) is 17.1. The SMILES string of the molecule is CC(C)CCCCOC(=O)CCCCCCCCCCCCCCCC(C)CCC(=O)OCCCCC(C)C. The second-order valence-corrected chi connectivity index (χ2v) is 13.0. The summed E-state index contributed by atoms with van der Waals surface area (Å²) in [5.41, 5.74) is 0. The van der Waals surface area contributed by atoms with Crippen molar-refractivity contribution in [3.63, 3.8) is 0 Å². The molecule has 0 aromatic rings. The Morgan fingerprint density at radius 3 is 1.21 bits per heavy atom. The molecule has 0 aliphatic heterocycles. The Hall–Kier alpha value is -1.06. The van der Waals surface area contributed by atoms with Crippen molar-refractivity contribution in [1.29, 1.82) is 0 Å². The third-order valence-corrected chi connectivity index (χ3v) is 7.80. The van der Waals surface area contributed by atoms with Gasteiger partial charge in [0.2, 0.25) is 0 Å². The summed E-state index contributed by atoms with van der Waals surface area (Å²) in [6.45, 7) is 12.4. The minimum atomic E-state index is -0.00781. The molecule has 0 amide bonds. The molecule has 1 atom stereocenters. The number of hydrogen-bond acceptors (Lipinski definition) is 4. The molecule has 0 aromatic heterocycles. The minimum absolute atomic E-state index is 0.00535. The number of carbonyl (C=O) groups excluding carboxylic acids is 2. The molecule has 232 valence electrons. The molecule has 0 fully saturated rings. The van der Waals surface area contributed by atoms with Crippen LogP contribution in [0.3, 0.4) is 0 Å². The van der Waals surface area contributed by atoms with E-state index in [0.717, 1.165) is 56.8 Å². The van der Waals surface area contributed by atoms with E-state index in [-0.39, 0.29) is 11.9 Å². The van der Waals surface area contributed by atoms with E-state index in [4.69, 9.17) is 9.47 Å². The average molecular weight is 553 g/mol. The maximum atomic E-state index is 11.9. The smallest absolute Gasteiger partial charge is 0.305 e. The van der Waals surface area contributed by atoms with Crippen LogP contribution in [0.5, 0.6) is 0 Å². The Morgan fingerprint density at radius 2 is 0.769 bits per heavy atom. The van der Waals surface area contributed by atoms with Gasteiger partial charge >= 0.3 is 11.9 Å². The van der Waals surface area contributed by atoms with Crippen molar-refractivity contribution in [2.24, 2.45) is 17.8 Å². The summed E-state index contributed by atoms with van der Waals surface area (Å²) in [6.07, 6.45) is 27.0. The lowest BCUT2D eigenvalue weighted by Gasteiger charge is -2.11. The van der Waals surface area contributed by atoms with Crippen LogP contribution in [0, 0.1) is 17.8 Å². The fourth-order valence-electron chi connectivity index (χ4n) is 5.04. The zero-order valence-corrected chi connectivity index (χ0v) is 27.0. The first-order chi connectivity index (χ1) is 18.8. The van der Waals surface area contributed by atoms with Gasteiger partial charge in [-0.05, 0) is 56.3 Å². The standard InChI is InChI=1S/C35H68O4/c1-31(2)23-19-21-29-38-34(36)26-18-16-14-12-10-8-6-7-9-11-13-15-17-25-33(5)27-28-35(37)39-30-22-20-24-32(3)4/h31-33H,6-30H2,1-5H3. The van der Waals surface area contributed by atoms with Crippen molar-refractivity contribution in [2.75, 3.05) is 13.2 Å². The Kier molecular flexibility index (Phi) is 27.7. The quantitative estimate of drug-likeness (QED) is 0.0684. The van der Waals surface area contributed by atoms with E-state index in [1.54, 1.807) is 0 Å². The predicted octanol–water partition coefficient (Wildman–Crippen LogP) is 11.0. The highest BCUT2D eigenvalue weighted by Gasteiger charge is 2.08. The van der Waals surface area contributed by atoms with Gasteiger partial charge in [0.05, 0.1) is 13.2 Å². The first-order valence-corrected chi connectivity index (χ1v) is 17.1. The number of rotatable bonds is 29. The van der Waals surface area contributed by atoms with Crippen LogP contribution in [0.15, 0.2) is 0 Å². The van der Waals surface area contributed by atoms with Gasteiger partial charge in [0.1, 0.15) is 0 Å². The van der Waals surface area contributed by atoms with Crippen LogP contribution in [0.4, 0.5) is 0 Å². The second kappa shape index (κ2) is 28.5. The van der Waals surface area contributed by atoms with Crippen LogP contribution in [-0.4, -0.2) is 25.2 Å². The number of hydrogen-bond donors (Lipinski definition) is 0. The molecule has 39 heavy (non-hydrogen) atoms. The maximum absolute atomic E-state index is 11.9. The van der Waals surface area contributed by atoms with E-state index < -0.39 is 0 Å². The number of ether oxygens (including phenoxy) is 2. The zero-order valence-electron chi connectivity index (χ0n) is 27.0. The molecule has 0 radical (unpaired) electrons. The topological polar surface area (TPSA) is 52.6 Å². The van der Waals surface area contributed by atoms with Crippen molar-refractivity contribution in [3.05, 3.63) is 0 Å². The zero-order chi connectivity index (χ0) is 29.0. The molecule has 4 heteroatoms. The van der Waals surface area contributed by atoms with Crippen molar-refractivity contribution in [2.45, 2.75) is 182 Å². The Bertz CT molecular complexity index is 543. The van der Waals surface area contributed by atoms with Gasteiger partial charge in [-0.2, -0.15) is 0 Å². The Labute approximate surface area is 244 Å². The van der Waals surface area contributed by atoms with Gasteiger partial charge in [0, 0.05) is 12.8 Å². The largest absolute Gasteiger partial charge is 0.466 e. The van der Waals surface area contributed by atoms with E-state index in [2.05, 4.69) is 34.6 Å². The summed E-state index contributed by atoms with van der Waals surface area (Å²) in [7, 11) is 0. The molecular formula is C35H68O4. The normalized spacial score (nSPS) is 12.3. The lowest BCUT2D eigenvalue weighted by molar-refractivity contribution is -0.145. The summed E-state index contributed by atoms with van der Waals surface area (Å²) < 4.78 is 10.7. The lowest BCUT2D eigenvalue weighted by Crippen LogP contribution is -2.08. The van der Waals surface area contributed by atoms with Crippen LogP contribution in [-0.2, 0) is 19.1 Å². The molecule has 0 bridgehead atoms. The van der Waals surface area contributed by atoms with E-state index in [1.165, 1.54) is 89.9 Å². The summed E-state index contributed by atoms with van der Waals surface area (Å²) in [6, 6.07) is 0. The molecule has 0 aliphatic carbocycles. The van der Waals surface area contributed by atoms with E-state index in [1.807, 2.05) is 0 Å². The van der Waals surface area contributed by atoms with Gasteiger partial charge in [-0.25, -0.2) is 0 Å². The van der Waals surface area contributed by atoms with Crippen LogP contribution < -0.4 is 0 Å². The van der Waals surface area contributed by atoms with Crippen molar-refractivity contribution in [3.8, 4) is 0 Å². The third-order valence-electron chi connectivity index (χ3n) is 7.80. The van der Waals surface area contributed by atoms with Gasteiger partial charge in [-0.1, -0.05) is 131 Å². The second-order valence-electron chi connectivity index (χ2n) is 13.0. The summed E-state index contributed by atoms with van der Waals surface area (Å²) in [5.74, 6) is 2.08. The van der Waals surface area contributed by atoms with E-state index >= 15 is 0 Å². The third kappa shape index (κ3) is 31.3. The average Bonchev–Trinajstić information content (AvgIpc) is 2.88. The number of esters is 2. The fraction of sp³-hybridized carbons (Fsp3) is 0.943. The molecular weight excluding hydrogens is 484 g/mol. The summed E-state index contributed by atoms with van der Waals surface area (Å²) in [4.78, 5) is 23.6. The molecule has 0 spiro atoms. The van der Waals surface area contributed by atoms with Crippen LogP contribution in [0.2, 0.25) is 0 Å².